The number of H-pyrrole nitrogens is 1. The molecule has 1 nitrogen and oxygen atoms in total. The average Bonchev–Trinajstić information content (AvgIpc) is 2.75. The second kappa shape index (κ2) is 4.21. The van der Waals surface area contributed by atoms with Gasteiger partial charge in [-0.25, -0.2) is 0 Å². The molecule has 0 saturated carbocycles. The zero-order valence-electron chi connectivity index (χ0n) is 8.87. The van der Waals surface area contributed by atoms with Gasteiger partial charge >= 0.3 is 0 Å². The summed E-state index contributed by atoms with van der Waals surface area (Å²) in [6.07, 6.45) is 0. The summed E-state index contributed by atoms with van der Waals surface area (Å²) >= 11 is 9.74. The monoisotopic (exact) mass is 305 g/mol. The summed E-state index contributed by atoms with van der Waals surface area (Å²) in [5.41, 5.74) is 3.17. The van der Waals surface area contributed by atoms with Gasteiger partial charge in [-0.1, -0.05) is 51.8 Å². The summed E-state index contributed by atoms with van der Waals surface area (Å²) in [6.45, 7) is 0. The third-order valence-corrected chi connectivity index (χ3v) is 3.80. The Morgan fingerprint density at radius 3 is 2.59 bits per heavy atom. The van der Waals surface area contributed by atoms with Crippen LogP contribution in [0.25, 0.3) is 22.2 Å². The summed E-state index contributed by atoms with van der Waals surface area (Å²) in [7, 11) is 0. The first kappa shape index (κ1) is 10.9. The van der Waals surface area contributed by atoms with E-state index in [9.17, 15) is 0 Å². The van der Waals surface area contributed by atoms with E-state index >= 15 is 0 Å². The molecule has 0 aliphatic carbocycles. The van der Waals surface area contributed by atoms with Crippen molar-refractivity contribution in [2.45, 2.75) is 0 Å². The number of aromatic amines is 1. The maximum Gasteiger partial charge on any atom is 0.0499 e. The summed E-state index contributed by atoms with van der Waals surface area (Å²) in [6, 6.07) is 16.1. The standard InChI is InChI=1S/C14H9BrClN/c15-11-5-3-7-13-10(11)8-14(17-13)9-4-1-2-6-12(9)16/h1-8,17H. The molecular formula is C14H9BrClN. The number of aromatic nitrogens is 1. The Morgan fingerprint density at radius 1 is 1.00 bits per heavy atom. The fourth-order valence-electron chi connectivity index (χ4n) is 1.94. The van der Waals surface area contributed by atoms with E-state index in [-0.39, 0.29) is 0 Å². The van der Waals surface area contributed by atoms with Gasteiger partial charge in [-0.05, 0) is 24.3 Å². The number of fused-ring (bicyclic) bond motifs is 1. The maximum atomic E-state index is 6.19. The number of hydrogen-bond donors (Lipinski definition) is 1. The van der Waals surface area contributed by atoms with Gasteiger partial charge in [0.1, 0.15) is 0 Å². The lowest BCUT2D eigenvalue weighted by Gasteiger charge is -1.99. The molecule has 0 unspecified atom stereocenters. The number of nitrogens with one attached hydrogen (secondary N) is 1. The molecule has 0 aliphatic heterocycles. The first-order chi connectivity index (χ1) is 8.25. The van der Waals surface area contributed by atoms with Gasteiger partial charge in [0, 0.05) is 31.7 Å². The molecule has 2 aromatic carbocycles. The van der Waals surface area contributed by atoms with E-state index in [1.165, 1.54) is 5.39 Å². The van der Waals surface area contributed by atoms with Crippen LogP contribution in [0, 0.1) is 0 Å². The van der Waals surface area contributed by atoms with Crippen molar-refractivity contribution >= 4 is 38.4 Å². The zero-order valence-corrected chi connectivity index (χ0v) is 11.2. The Kier molecular flexibility index (Phi) is 2.69. The smallest absolute Gasteiger partial charge is 0.0499 e. The molecule has 0 saturated heterocycles. The van der Waals surface area contributed by atoms with Crippen LogP contribution in [-0.2, 0) is 0 Å². The molecule has 84 valence electrons. The molecule has 3 heteroatoms. The lowest BCUT2D eigenvalue weighted by atomic mass is 10.1. The molecule has 0 bridgehead atoms. The largest absolute Gasteiger partial charge is 0.354 e. The third-order valence-electron chi connectivity index (χ3n) is 2.77. The zero-order chi connectivity index (χ0) is 11.8. The fourth-order valence-corrected chi connectivity index (χ4v) is 2.66. The number of rotatable bonds is 1. The molecule has 0 fully saturated rings. The molecule has 1 N–H and O–H groups in total. The van der Waals surface area contributed by atoms with Crippen molar-refractivity contribution in [2.75, 3.05) is 0 Å². The van der Waals surface area contributed by atoms with Crippen molar-refractivity contribution in [3.05, 3.63) is 58.0 Å². The van der Waals surface area contributed by atoms with Gasteiger partial charge in [-0.15, -0.1) is 0 Å². The summed E-state index contributed by atoms with van der Waals surface area (Å²) in [5.74, 6) is 0. The maximum absolute atomic E-state index is 6.19. The molecule has 0 atom stereocenters. The van der Waals surface area contributed by atoms with Gasteiger partial charge < -0.3 is 4.98 Å². The van der Waals surface area contributed by atoms with E-state index in [2.05, 4.69) is 33.0 Å². The van der Waals surface area contributed by atoms with Crippen LogP contribution in [0.1, 0.15) is 0 Å². The van der Waals surface area contributed by atoms with Crippen LogP contribution in [-0.4, -0.2) is 4.98 Å². The summed E-state index contributed by atoms with van der Waals surface area (Å²) in [4.78, 5) is 3.38. The van der Waals surface area contributed by atoms with Gasteiger partial charge in [0.05, 0.1) is 0 Å². The molecule has 3 aromatic rings. The Morgan fingerprint density at radius 2 is 1.82 bits per heavy atom. The van der Waals surface area contributed by atoms with Crippen molar-refractivity contribution in [1.82, 2.24) is 4.98 Å². The average molecular weight is 307 g/mol. The highest BCUT2D eigenvalue weighted by Gasteiger charge is 2.07. The predicted octanol–water partition coefficient (Wildman–Crippen LogP) is 5.25. The molecule has 0 radical (unpaired) electrons. The van der Waals surface area contributed by atoms with Crippen molar-refractivity contribution in [1.29, 1.82) is 0 Å². The van der Waals surface area contributed by atoms with Crippen LogP contribution in [0.4, 0.5) is 0 Å². The summed E-state index contributed by atoms with van der Waals surface area (Å²) in [5, 5.41) is 1.93. The van der Waals surface area contributed by atoms with Crippen molar-refractivity contribution in [2.24, 2.45) is 0 Å². The number of hydrogen-bond acceptors (Lipinski definition) is 0. The lowest BCUT2D eigenvalue weighted by molar-refractivity contribution is 1.45. The van der Waals surface area contributed by atoms with E-state index in [1.807, 2.05) is 36.4 Å². The molecule has 0 aliphatic rings. The Hall–Kier alpha value is -1.25. The first-order valence-electron chi connectivity index (χ1n) is 5.28. The Balaban J connectivity index is 2.26. The van der Waals surface area contributed by atoms with Gasteiger partial charge in [-0.2, -0.15) is 0 Å². The number of halogens is 2. The van der Waals surface area contributed by atoms with Crippen LogP contribution in [0.2, 0.25) is 5.02 Å². The Labute approximate surface area is 113 Å². The minimum Gasteiger partial charge on any atom is -0.354 e. The highest BCUT2D eigenvalue weighted by atomic mass is 79.9. The van der Waals surface area contributed by atoms with Crippen LogP contribution in [0.5, 0.6) is 0 Å². The third kappa shape index (κ3) is 1.88. The highest BCUT2D eigenvalue weighted by molar-refractivity contribution is 9.10. The molecule has 1 heterocycles. The molecule has 0 spiro atoms. The minimum absolute atomic E-state index is 0.759. The van der Waals surface area contributed by atoms with Crippen molar-refractivity contribution in [3.8, 4) is 11.3 Å². The van der Waals surface area contributed by atoms with Gasteiger partial charge in [-0.3, -0.25) is 0 Å². The molecule has 17 heavy (non-hydrogen) atoms. The predicted molar refractivity (Wildman–Crippen MR) is 76.4 cm³/mol. The molecule has 1 aromatic heterocycles. The van der Waals surface area contributed by atoms with Crippen LogP contribution < -0.4 is 0 Å². The fraction of sp³-hybridized carbons (Fsp3) is 0. The first-order valence-corrected chi connectivity index (χ1v) is 6.45. The number of benzene rings is 2. The van der Waals surface area contributed by atoms with E-state index in [1.54, 1.807) is 0 Å². The molecule has 0 amide bonds. The van der Waals surface area contributed by atoms with E-state index in [4.69, 9.17) is 11.6 Å². The van der Waals surface area contributed by atoms with E-state index in [0.717, 1.165) is 26.3 Å². The van der Waals surface area contributed by atoms with Gasteiger partial charge in [0.15, 0.2) is 0 Å². The van der Waals surface area contributed by atoms with Crippen LogP contribution in [0.15, 0.2) is 53.0 Å². The lowest BCUT2D eigenvalue weighted by Crippen LogP contribution is -1.77. The van der Waals surface area contributed by atoms with Crippen LogP contribution >= 0.6 is 27.5 Å². The van der Waals surface area contributed by atoms with Gasteiger partial charge in [0.25, 0.3) is 0 Å². The second-order valence-corrected chi connectivity index (χ2v) is 5.13. The molecule has 3 rings (SSSR count). The molecular weight excluding hydrogens is 298 g/mol. The van der Waals surface area contributed by atoms with E-state index in [0.29, 0.717) is 0 Å². The quantitative estimate of drug-likeness (QED) is 0.632. The van der Waals surface area contributed by atoms with E-state index < -0.39 is 0 Å². The topological polar surface area (TPSA) is 15.8 Å². The van der Waals surface area contributed by atoms with Crippen molar-refractivity contribution in [3.63, 3.8) is 0 Å². The van der Waals surface area contributed by atoms with Crippen molar-refractivity contribution < 1.29 is 0 Å². The Bertz CT molecular complexity index is 688. The highest BCUT2D eigenvalue weighted by Crippen LogP contribution is 2.32. The normalized spacial score (nSPS) is 10.9. The van der Waals surface area contributed by atoms with Gasteiger partial charge in [0.2, 0.25) is 0 Å². The summed E-state index contributed by atoms with van der Waals surface area (Å²) < 4.78 is 1.09. The second-order valence-electron chi connectivity index (χ2n) is 3.86. The van der Waals surface area contributed by atoms with Crippen LogP contribution in [0.3, 0.4) is 0 Å². The SMILES string of the molecule is Clc1ccccc1-c1cc2c(Br)cccc2[nH]1. The minimum atomic E-state index is 0.759.